The van der Waals surface area contributed by atoms with Gasteiger partial charge in [-0.3, -0.25) is 10.1 Å². The maximum absolute atomic E-state index is 14.6. The molecular weight excluding hydrogens is 355 g/mol. The number of fused-ring (bicyclic) bond motifs is 1. The molecule has 0 amide bonds. The summed E-state index contributed by atoms with van der Waals surface area (Å²) in [6.45, 7) is 1.61. The maximum Gasteiger partial charge on any atom is 0.214 e. The Kier molecular flexibility index (Phi) is 4.65. The second kappa shape index (κ2) is 7.27. The molecule has 4 aromatic rings. The summed E-state index contributed by atoms with van der Waals surface area (Å²) in [7, 11) is 0. The monoisotopic (exact) mass is 374 g/mol. The van der Waals surface area contributed by atoms with Crippen LogP contribution in [0.3, 0.4) is 0 Å². The highest BCUT2D eigenvalue weighted by atomic mass is 19.1. The Labute approximate surface area is 161 Å². The molecule has 0 bridgehead atoms. The highest BCUT2D eigenvalue weighted by molar-refractivity contribution is 5.92. The topological polar surface area (TPSA) is 58.9 Å². The molecule has 1 atom stereocenters. The van der Waals surface area contributed by atoms with Crippen LogP contribution in [-0.2, 0) is 0 Å². The second-order valence-corrected chi connectivity index (χ2v) is 6.92. The summed E-state index contributed by atoms with van der Waals surface area (Å²) in [6, 6.07) is 21.9. The van der Waals surface area contributed by atoms with Gasteiger partial charge in [0.2, 0.25) is 6.54 Å². The van der Waals surface area contributed by atoms with Crippen LogP contribution in [0.4, 0.5) is 4.39 Å². The minimum atomic E-state index is -0.706. The Hall–Kier alpha value is -3.47. The Morgan fingerprint density at radius 3 is 2.46 bits per heavy atom. The molecule has 0 saturated carbocycles. The number of hydrogen-bond donors (Lipinski definition) is 1. The van der Waals surface area contributed by atoms with Crippen LogP contribution in [0.2, 0.25) is 0 Å². The molecule has 0 aliphatic carbocycles. The van der Waals surface area contributed by atoms with Crippen molar-refractivity contribution in [2.45, 2.75) is 12.8 Å². The molecule has 28 heavy (non-hydrogen) atoms. The van der Waals surface area contributed by atoms with E-state index < -0.39 is 11.7 Å². The summed E-state index contributed by atoms with van der Waals surface area (Å²) < 4.78 is 14.6. The van der Waals surface area contributed by atoms with Crippen molar-refractivity contribution >= 4 is 10.9 Å². The Balaban J connectivity index is 2.03. The van der Waals surface area contributed by atoms with E-state index in [0.29, 0.717) is 5.56 Å². The summed E-state index contributed by atoms with van der Waals surface area (Å²) in [5.41, 5.74) is 4.75. The number of aromatic nitrogens is 1. The summed E-state index contributed by atoms with van der Waals surface area (Å²) in [5, 5.41) is 12.4. The zero-order valence-corrected chi connectivity index (χ0v) is 15.4. The molecule has 0 aliphatic rings. The molecule has 1 N–H and O–H groups in total. The minimum Gasteiger partial charge on any atom is -0.354 e. The van der Waals surface area contributed by atoms with E-state index in [0.717, 1.165) is 33.3 Å². The first-order valence-electron chi connectivity index (χ1n) is 9.08. The molecule has 0 radical (unpaired) electrons. The van der Waals surface area contributed by atoms with Crippen molar-refractivity contribution < 1.29 is 9.31 Å². The molecule has 4 rings (SSSR count). The lowest BCUT2D eigenvalue weighted by Crippen LogP contribution is -2.16. The third-order valence-corrected chi connectivity index (χ3v) is 5.02. The average molecular weight is 374 g/mol. The first kappa shape index (κ1) is 17.9. The van der Waals surface area contributed by atoms with Gasteiger partial charge in [-0.15, -0.1) is 0 Å². The number of aryl methyl sites for hydroxylation is 1. The summed E-state index contributed by atoms with van der Waals surface area (Å²) >= 11 is 0. The average Bonchev–Trinajstić information content (AvgIpc) is 3.05. The number of aromatic amines is 1. The highest BCUT2D eigenvalue weighted by Gasteiger charge is 2.29. The van der Waals surface area contributed by atoms with Crippen LogP contribution in [0.15, 0.2) is 72.8 Å². The van der Waals surface area contributed by atoms with E-state index in [9.17, 15) is 14.5 Å². The number of benzene rings is 3. The Bertz CT molecular complexity index is 1150. The lowest BCUT2D eigenvalue weighted by molar-refractivity contribution is -0.481. The number of hydrogen-bond acceptors (Lipinski definition) is 2. The molecule has 0 aliphatic heterocycles. The minimum absolute atomic E-state index is 0.331. The van der Waals surface area contributed by atoms with Gasteiger partial charge in [0.1, 0.15) is 5.82 Å². The number of nitrogens with zero attached hydrogens (tertiary/aromatic N) is 1. The van der Waals surface area contributed by atoms with Gasteiger partial charge in [0.05, 0.1) is 11.6 Å². The normalized spacial score (nSPS) is 12.2. The Morgan fingerprint density at radius 1 is 1.04 bits per heavy atom. The molecule has 140 valence electrons. The van der Waals surface area contributed by atoms with Crippen molar-refractivity contribution in [3.63, 3.8) is 0 Å². The van der Waals surface area contributed by atoms with Gasteiger partial charge in [0, 0.05) is 21.4 Å². The van der Waals surface area contributed by atoms with Crippen molar-refractivity contribution in [2.75, 3.05) is 6.54 Å². The van der Waals surface area contributed by atoms with Crippen molar-refractivity contribution in [2.24, 2.45) is 0 Å². The smallest absolute Gasteiger partial charge is 0.214 e. The van der Waals surface area contributed by atoms with Gasteiger partial charge < -0.3 is 4.98 Å². The number of nitrogens with one attached hydrogen (secondary N) is 1. The summed E-state index contributed by atoms with van der Waals surface area (Å²) in [6.07, 6.45) is 0. The first-order valence-corrected chi connectivity index (χ1v) is 9.08. The maximum atomic E-state index is 14.6. The fraction of sp³-hybridized carbons (Fsp3) is 0.130. The van der Waals surface area contributed by atoms with E-state index in [1.165, 1.54) is 6.07 Å². The Morgan fingerprint density at radius 2 is 1.75 bits per heavy atom. The number of nitro groups is 1. The standard InChI is InChI=1S/C23H19FN2O2/c1-15-11-12-18-21(13-15)25-23(16-7-3-2-4-8-16)22(18)19(14-26(27)28)17-9-5-6-10-20(17)24/h2-13,19,25H,14H2,1H3. The van der Waals surface area contributed by atoms with Crippen LogP contribution in [0.5, 0.6) is 0 Å². The molecule has 5 heteroatoms. The lowest BCUT2D eigenvalue weighted by atomic mass is 9.87. The van der Waals surface area contributed by atoms with Crippen molar-refractivity contribution in [3.8, 4) is 11.3 Å². The van der Waals surface area contributed by atoms with Crippen molar-refractivity contribution in [1.29, 1.82) is 0 Å². The van der Waals surface area contributed by atoms with E-state index in [-0.39, 0.29) is 11.5 Å². The largest absolute Gasteiger partial charge is 0.354 e. The predicted octanol–water partition coefficient (Wildman–Crippen LogP) is 5.69. The molecule has 1 unspecified atom stereocenters. The first-order chi connectivity index (χ1) is 13.5. The van der Waals surface area contributed by atoms with E-state index in [4.69, 9.17) is 0 Å². The third-order valence-electron chi connectivity index (χ3n) is 5.02. The van der Waals surface area contributed by atoms with Crippen LogP contribution < -0.4 is 0 Å². The van der Waals surface area contributed by atoms with Crippen LogP contribution in [-0.4, -0.2) is 16.5 Å². The van der Waals surface area contributed by atoms with E-state index in [2.05, 4.69) is 4.98 Å². The number of H-pyrrole nitrogens is 1. The van der Waals surface area contributed by atoms with Crippen LogP contribution >= 0.6 is 0 Å². The van der Waals surface area contributed by atoms with Crippen LogP contribution in [0.1, 0.15) is 22.6 Å². The molecule has 0 fully saturated rings. The molecule has 3 aromatic carbocycles. The second-order valence-electron chi connectivity index (χ2n) is 6.92. The zero-order chi connectivity index (χ0) is 19.7. The quantitative estimate of drug-likeness (QED) is 0.360. The van der Waals surface area contributed by atoms with Gasteiger partial charge >= 0.3 is 0 Å². The molecule has 1 aromatic heterocycles. The molecular formula is C23H19FN2O2. The fourth-order valence-electron chi connectivity index (χ4n) is 3.78. The van der Waals surface area contributed by atoms with E-state index in [1.54, 1.807) is 18.2 Å². The highest BCUT2D eigenvalue weighted by Crippen LogP contribution is 2.39. The lowest BCUT2D eigenvalue weighted by Gasteiger charge is -2.16. The van der Waals surface area contributed by atoms with Gasteiger partial charge in [-0.25, -0.2) is 4.39 Å². The van der Waals surface area contributed by atoms with Crippen LogP contribution in [0.25, 0.3) is 22.2 Å². The number of halogens is 1. The SMILES string of the molecule is Cc1ccc2c(C(C[N+](=O)[O-])c3ccccc3F)c(-c3ccccc3)[nH]c2c1. The summed E-state index contributed by atoms with van der Waals surface area (Å²) in [4.78, 5) is 14.5. The van der Waals surface area contributed by atoms with Gasteiger partial charge in [0.15, 0.2) is 0 Å². The van der Waals surface area contributed by atoms with Crippen molar-refractivity contribution in [1.82, 2.24) is 4.98 Å². The third kappa shape index (κ3) is 3.27. The summed E-state index contributed by atoms with van der Waals surface area (Å²) in [5.74, 6) is -1.14. The molecule has 4 nitrogen and oxygen atoms in total. The van der Waals surface area contributed by atoms with Crippen molar-refractivity contribution in [3.05, 3.63) is 105 Å². The molecule has 0 saturated heterocycles. The van der Waals surface area contributed by atoms with Gasteiger partial charge in [0.25, 0.3) is 0 Å². The van der Waals surface area contributed by atoms with Gasteiger partial charge in [-0.1, -0.05) is 60.7 Å². The molecule has 0 spiro atoms. The number of rotatable bonds is 5. The predicted molar refractivity (Wildman–Crippen MR) is 109 cm³/mol. The van der Waals surface area contributed by atoms with E-state index in [1.807, 2.05) is 55.5 Å². The van der Waals surface area contributed by atoms with E-state index >= 15 is 0 Å². The van der Waals surface area contributed by atoms with Gasteiger partial charge in [-0.2, -0.15) is 0 Å². The zero-order valence-electron chi connectivity index (χ0n) is 15.4. The fourth-order valence-corrected chi connectivity index (χ4v) is 3.78. The van der Waals surface area contributed by atoms with Gasteiger partial charge in [-0.05, 0) is 35.7 Å². The molecule has 1 heterocycles. The van der Waals surface area contributed by atoms with Crippen LogP contribution in [0, 0.1) is 22.9 Å².